The van der Waals surface area contributed by atoms with E-state index in [0.29, 0.717) is 13.0 Å². The minimum Gasteiger partial charge on any atom is -0.369 e. The normalized spacial score (nSPS) is 17.4. The summed E-state index contributed by atoms with van der Waals surface area (Å²) in [6.45, 7) is 11.8. The number of hydrogen-bond acceptors (Lipinski definition) is 3. The zero-order valence-electron chi connectivity index (χ0n) is 17.9. The number of benzene rings is 2. The Bertz CT molecular complexity index is 941. The number of carbonyl (C=O) groups is 1. The van der Waals surface area contributed by atoms with E-state index in [2.05, 4.69) is 77.9 Å². The smallest absolute Gasteiger partial charge is 0.227 e. The van der Waals surface area contributed by atoms with Gasteiger partial charge in [0.25, 0.3) is 0 Å². The molecule has 1 amide bonds. The van der Waals surface area contributed by atoms with Crippen molar-refractivity contribution >= 4 is 23.4 Å². The molecule has 4 nitrogen and oxygen atoms in total. The molecule has 2 aromatic carbocycles. The van der Waals surface area contributed by atoms with E-state index in [1.807, 2.05) is 4.90 Å². The maximum absolute atomic E-state index is 12.2. The summed E-state index contributed by atoms with van der Waals surface area (Å²) in [5, 5.41) is 0. The van der Waals surface area contributed by atoms with Gasteiger partial charge in [-0.25, -0.2) is 0 Å². The molecule has 4 rings (SSSR count). The van der Waals surface area contributed by atoms with Crippen LogP contribution in [0.15, 0.2) is 61.2 Å². The zero-order valence-corrected chi connectivity index (χ0v) is 17.9. The molecule has 0 N–H and O–H groups in total. The van der Waals surface area contributed by atoms with Gasteiger partial charge in [-0.15, -0.1) is 6.58 Å². The maximum atomic E-state index is 12.2. The topological polar surface area (TPSA) is 26.8 Å². The predicted molar refractivity (Wildman–Crippen MR) is 126 cm³/mol. The quantitative estimate of drug-likeness (QED) is 0.676. The Kier molecular flexibility index (Phi) is 6.34. The van der Waals surface area contributed by atoms with Crippen LogP contribution in [0.2, 0.25) is 0 Å². The van der Waals surface area contributed by atoms with Crippen molar-refractivity contribution in [3.05, 3.63) is 77.9 Å². The molecule has 2 aliphatic rings. The molecule has 0 spiro atoms. The molecule has 30 heavy (non-hydrogen) atoms. The second-order valence-corrected chi connectivity index (χ2v) is 8.21. The van der Waals surface area contributed by atoms with Gasteiger partial charge in [-0.2, -0.15) is 0 Å². The first kappa shape index (κ1) is 20.4. The highest BCUT2D eigenvalue weighted by Gasteiger charge is 2.23. The number of rotatable bonds is 6. The van der Waals surface area contributed by atoms with Crippen LogP contribution < -0.4 is 9.80 Å². The van der Waals surface area contributed by atoms with Crippen LogP contribution in [0.1, 0.15) is 23.1 Å². The van der Waals surface area contributed by atoms with Crippen molar-refractivity contribution in [2.45, 2.75) is 19.8 Å². The van der Waals surface area contributed by atoms with Crippen molar-refractivity contribution in [1.29, 1.82) is 0 Å². The van der Waals surface area contributed by atoms with Gasteiger partial charge in [0.1, 0.15) is 0 Å². The molecule has 2 aliphatic heterocycles. The van der Waals surface area contributed by atoms with Gasteiger partial charge in [0.15, 0.2) is 0 Å². The lowest BCUT2D eigenvalue weighted by Crippen LogP contribution is -2.46. The van der Waals surface area contributed by atoms with E-state index < -0.39 is 0 Å². The largest absolute Gasteiger partial charge is 0.369 e. The third-order valence-corrected chi connectivity index (χ3v) is 6.03. The summed E-state index contributed by atoms with van der Waals surface area (Å²) in [4.78, 5) is 19.0. The lowest BCUT2D eigenvalue weighted by atomic mass is 9.98. The Hall–Kier alpha value is -2.85. The number of nitrogens with zero attached hydrogens (tertiary/aromatic N) is 3. The maximum Gasteiger partial charge on any atom is 0.227 e. The first-order valence-corrected chi connectivity index (χ1v) is 10.9. The van der Waals surface area contributed by atoms with Crippen LogP contribution in [-0.4, -0.2) is 50.1 Å². The molecule has 156 valence electrons. The van der Waals surface area contributed by atoms with Gasteiger partial charge in [-0.1, -0.05) is 36.4 Å². The molecular formula is C26H31N3O. The van der Waals surface area contributed by atoms with Crippen molar-refractivity contribution in [3.8, 4) is 0 Å². The highest BCUT2D eigenvalue weighted by Crippen LogP contribution is 2.29. The van der Waals surface area contributed by atoms with Crippen LogP contribution in [0, 0.1) is 6.92 Å². The molecule has 0 aliphatic carbocycles. The van der Waals surface area contributed by atoms with Crippen LogP contribution in [0.25, 0.3) is 6.08 Å². The van der Waals surface area contributed by atoms with E-state index in [0.717, 1.165) is 44.8 Å². The number of anilines is 2. The van der Waals surface area contributed by atoms with Gasteiger partial charge in [0.2, 0.25) is 5.91 Å². The van der Waals surface area contributed by atoms with E-state index in [-0.39, 0.29) is 5.91 Å². The number of aryl methyl sites for hydroxylation is 2. The van der Waals surface area contributed by atoms with E-state index in [1.54, 1.807) is 6.08 Å². The van der Waals surface area contributed by atoms with Crippen molar-refractivity contribution in [2.24, 2.45) is 0 Å². The fourth-order valence-electron chi connectivity index (χ4n) is 4.36. The van der Waals surface area contributed by atoms with Crippen LogP contribution >= 0.6 is 0 Å². The summed E-state index contributed by atoms with van der Waals surface area (Å²) < 4.78 is 0. The summed E-state index contributed by atoms with van der Waals surface area (Å²) in [6, 6.07) is 15.2. The summed E-state index contributed by atoms with van der Waals surface area (Å²) in [5.74, 6) is 0.190. The van der Waals surface area contributed by atoms with E-state index in [1.165, 1.54) is 22.4 Å². The molecule has 2 heterocycles. The van der Waals surface area contributed by atoms with Gasteiger partial charge < -0.3 is 9.80 Å². The van der Waals surface area contributed by atoms with E-state index in [9.17, 15) is 4.79 Å². The first-order chi connectivity index (χ1) is 14.6. The first-order valence-electron chi connectivity index (χ1n) is 10.9. The second-order valence-electron chi connectivity index (χ2n) is 8.21. The monoisotopic (exact) mass is 401 g/mol. The van der Waals surface area contributed by atoms with Gasteiger partial charge >= 0.3 is 0 Å². The molecule has 0 unspecified atom stereocenters. The molecule has 0 saturated carbocycles. The Morgan fingerprint density at radius 3 is 2.60 bits per heavy atom. The fraction of sp³-hybridized carbons (Fsp3) is 0.346. The number of carbonyl (C=O) groups excluding carboxylic acids is 1. The van der Waals surface area contributed by atoms with Crippen molar-refractivity contribution < 1.29 is 4.79 Å². The Morgan fingerprint density at radius 1 is 1.00 bits per heavy atom. The van der Waals surface area contributed by atoms with Crippen molar-refractivity contribution in [3.63, 3.8) is 0 Å². The van der Waals surface area contributed by atoms with Gasteiger partial charge in [-0.05, 0) is 54.3 Å². The van der Waals surface area contributed by atoms with Crippen LogP contribution in [0.3, 0.4) is 0 Å². The molecule has 1 fully saturated rings. The second kappa shape index (κ2) is 9.31. The number of fused-ring (bicyclic) bond motifs is 1. The standard InChI is InChI=1S/C26H31N3O/c1-3-13-29-25-11-9-22(20-23(25)10-12-26(29)30)7-5-14-27-15-17-28(18-16-27)24-8-4-6-21(2)19-24/h3-9,11,19-20H,1,10,12-18H2,2H3/b7-5+. The Labute approximate surface area is 180 Å². The Morgan fingerprint density at radius 2 is 1.83 bits per heavy atom. The van der Waals surface area contributed by atoms with Crippen LogP contribution in [0.5, 0.6) is 0 Å². The molecule has 0 aromatic heterocycles. The summed E-state index contributed by atoms with van der Waals surface area (Å²) >= 11 is 0. The van der Waals surface area contributed by atoms with Gasteiger partial charge in [0.05, 0.1) is 0 Å². The highest BCUT2D eigenvalue weighted by atomic mass is 16.2. The number of amides is 1. The summed E-state index contributed by atoms with van der Waals surface area (Å²) in [5.41, 5.74) is 6.16. The van der Waals surface area contributed by atoms with E-state index >= 15 is 0 Å². The Balaban J connectivity index is 1.32. The molecule has 0 radical (unpaired) electrons. The number of piperazine rings is 1. The predicted octanol–water partition coefficient (Wildman–Crippen LogP) is 4.30. The fourth-order valence-corrected chi connectivity index (χ4v) is 4.36. The minimum absolute atomic E-state index is 0.190. The third kappa shape index (κ3) is 4.65. The van der Waals surface area contributed by atoms with Crippen LogP contribution in [-0.2, 0) is 11.2 Å². The molecular weight excluding hydrogens is 370 g/mol. The average Bonchev–Trinajstić information content (AvgIpc) is 2.76. The van der Waals surface area contributed by atoms with Crippen molar-refractivity contribution in [2.75, 3.05) is 49.1 Å². The highest BCUT2D eigenvalue weighted by molar-refractivity contribution is 5.96. The van der Waals surface area contributed by atoms with Crippen molar-refractivity contribution in [1.82, 2.24) is 4.90 Å². The molecule has 0 bridgehead atoms. The molecule has 2 aromatic rings. The third-order valence-electron chi connectivity index (χ3n) is 6.03. The molecule has 0 atom stereocenters. The summed E-state index contributed by atoms with van der Waals surface area (Å²) in [6.07, 6.45) is 7.67. The van der Waals surface area contributed by atoms with E-state index in [4.69, 9.17) is 0 Å². The summed E-state index contributed by atoms with van der Waals surface area (Å²) in [7, 11) is 0. The van der Waals surface area contributed by atoms with Gasteiger partial charge in [0, 0.05) is 57.1 Å². The average molecular weight is 402 g/mol. The number of hydrogen-bond donors (Lipinski definition) is 0. The lowest BCUT2D eigenvalue weighted by molar-refractivity contribution is -0.118. The zero-order chi connectivity index (χ0) is 20.9. The van der Waals surface area contributed by atoms with Crippen LogP contribution in [0.4, 0.5) is 11.4 Å². The minimum atomic E-state index is 0.190. The molecule has 1 saturated heterocycles. The molecule has 4 heteroatoms. The SMILES string of the molecule is C=CCN1C(=O)CCc2cc(/C=C/CN3CCN(c4cccc(C)c4)CC3)ccc21. The lowest BCUT2D eigenvalue weighted by Gasteiger charge is -2.35. The van der Waals surface area contributed by atoms with Gasteiger partial charge in [-0.3, -0.25) is 9.69 Å².